The molecule has 2 aromatic rings. The van der Waals surface area contributed by atoms with E-state index in [-0.39, 0.29) is 40.7 Å². The molecule has 0 amide bonds. The molecule has 2 heterocycles. The Balaban J connectivity index is 0.00000385. The topological polar surface area (TPSA) is 101 Å². The lowest BCUT2D eigenvalue weighted by molar-refractivity contribution is -0.249. The number of carbonyl (C=O) groups is 1. The summed E-state index contributed by atoms with van der Waals surface area (Å²) in [6.07, 6.45) is -3.82. The number of nitriles is 1. The Morgan fingerprint density at radius 1 is 1.33 bits per heavy atom. The van der Waals surface area contributed by atoms with Crippen molar-refractivity contribution >= 4 is 35.6 Å². The van der Waals surface area contributed by atoms with Crippen LogP contribution in [0.3, 0.4) is 0 Å². The van der Waals surface area contributed by atoms with E-state index in [1.165, 1.54) is 31.3 Å². The number of pyridine rings is 1. The van der Waals surface area contributed by atoms with Crippen molar-refractivity contribution < 1.29 is 27.1 Å². The summed E-state index contributed by atoms with van der Waals surface area (Å²) < 4.78 is 59.6. The van der Waals surface area contributed by atoms with Crippen molar-refractivity contribution in [2.24, 2.45) is 10.7 Å². The van der Waals surface area contributed by atoms with Gasteiger partial charge in [-0.2, -0.15) is 18.4 Å². The van der Waals surface area contributed by atoms with Gasteiger partial charge in [-0.25, -0.2) is 4.39 Å². The van der Waals surface area contributed by atoms with E-state index >= 15 is 0 Å². The number of rotatable bonds is 4. The summed E-state index contributed by atoms with van der Waals surface area (Å²) in [5.74, 6) is -2.06. The summed E-state index contributed by atoms with van der Waals surface area (Å²) in [7, 11) is 0. The predicted molar refractivity (Wildman–Crippen MR) is 115 cm³/mol. The average Bonchev–Trinajstić information content (AvgIpc) is 2.71. The molecule has 12 heteroatoms. The molecule has 0 saturated heterocycles. The van der Waals surface area contributed by atoms with Gasteiger partial charge in [-0.1, -0.05) is 17.7 Å². The minimum atomic E-state index is -4.80. The third-order valence-electron chi connectivity index (χ3n) is 5.25. The molecular weight excluding hydrogens is 487 g/mol. The van der Waals surface area contributed by atoms with E-state index in [0.29, 0.717) is 5.56 Å². The van der Waals surface area contributed by atoms with Gasteiger partial charge in [0, 0.05) is 18.2 Å². The molecule has 1 aliphatic rings. The standard InChI is InChI=1S/C21H17ClF4N4O2.ClH/c1-19(10-32-20(2,18(28)30-19)21(24,25)26)13-5-11(3-4-15(13)23)7-16(31)17-14(22)6-12(8-27)9-29-17;/h3-6,9H,7,10H2,1-2H3,(H2,28,30);1H/t19-,20+;/m0./s1. The Kier molecular flexibility index (Phi) is 7.43. The Morgan fingerprint density at radius 2 is 2.00 bits per heavy atom. The molecule has 1 aromatic carbocycles. The molecule has 33 heavy (non-hydrogen) atoms. The number of Topliss-reactive ketones (excluding diaryl/α,β-unsaturated/α-hetero) is 1. The molecule has 1 aliphatic heterocycles. The van der Waals surface area contributed by atoms with Gasteiger partial charge in [0.15, 0.2) is 5.78 Å². The number of hydrogen-bond donors (Lipinski definition) is 1. The zero-order valence-electron chi connectivity index (χ0n) is 17.3. The fourth-order valence-corrected chi connectivity index (χ4v) is 3.47. The van der Waals surface area contributed by atoms with Gasteiger partial charge in [0.25, 0.3) is 0 Å². The van der Waals surface area contributed by atoms with Gasteiger partial charge in [0.2, 0.25) is 5.60 Å². The number of hydrogen-bond acceptors (Lipinski definition) is 6. The number of alkyl halides is 3. The summed E-state index contributed by atoms with van der Waals surface area (Å²) in [5.41, 5.74) is 1.66. The molecule has 0 bridgehead atoms. The largest absolute Gasteiger partial charge is 0.424 e. The second-order valence-electron chi connectivity index (χ2n) is 7.67. The van der Waals surface area contributed by atoms with Gasteiger partial charge < -0.3 is 10.5 Å². The van der Waals surface area contributed by atoms with Crippen LogP contribution in [0.15, 0.2) is 35.5 Å². The molecule has 0 radical (unpaired) electrons. The van der Waals surface area contributed by atoms with E-state index in [2.05, 4.69) is 9.98 Å². The number of nitrogens with zero attached hydrogens (tertiary/aromatic N) is 3. The lowest BCUT2D eigenvalue weighted by Gasteiger charge is -2.41. The molecule has 2 N–H and O–H groups in total. The highest BCUT2D eigenvalue weighted by atomic mass is 35.5. The normalized spacial score (nSPS) is 22.7. The molecule has 0 saturated carbocycles. The van der Waals surface area contributed by atoms with Crippen LogP contribution in [0.4, 0.5) is 17.6 Å². The van der Waals surface area contributed by atoms with Gasteiger partial charge in [0.1, 0.15) is 29.0 Å². The zero-order valence-corrected chi connectivity index (χ0v) is 18.9. The molecule has 0 unspecified atom stereocenters. The van der Waals surface area contributed by atoms with Crippen molar-refractivity contribution in [1.29, 1.82) is 5.26 Å². The van der Waals surface area contributed by atoms with Crippen molar-refractivity contribution in [3.63, 3.8) is 0 Å². The molecule has 0 spiro atoms. The molecule has 0 aliphatic carbocycles. The average molecular weight is 505 g/mol. The molecule has 3 rings (SSSR count). The minimum Gasteiger partial charge on any atom is -0.385 e. The Hall–Kier alpha value is -2.74. The van der Waals surface area contributed by atoms with Crippen molar-refractivity contribution in [3.8, 4) is 6.07 Å². The van der Waals surface area contributed by atoms with Gasteiger partial charge in [-0.15, -0.1) is 12.4 Å². The molecular formula is C21H18Cl2F4N4O2. The van der Waals surface area contributed by atoms with E-state index in [1.54, 1.807) is 0 Å². The van der Waals surface area contributed by atoms with Crippen LogP contribution in [0.2, 0.25) is 5.02 Å². The highest BCUT2D eigenvalue weighted by Crippen LogP contribution is 2.41. The van der Waals surface area contributed by atoms with Gasteiger partial charge in [-0.05, 0) is 37.6 Å². The van der Waals surface area contributed by atoms with Crippen LogP contribution in [0, 0.1) is 17.1 Å². The number of carbonyl (C=O) groups excluding carboxylic acids is 1. The van der Waals surface area contributed by atoms with Gasteiger partial charge >= 0.3 is 6.18 Å². The van der Waals surface area contributed by atoms with Gasteiger partial charge in [0.05, 0.1) is 17.2 Å². The molecule has 176 valence electrons. The number of aromatic nitrogens is 1. The summed E-state index contributed by atoms with van der Waals surface area (Å²) in [5, 5.41) is 8.86. The molecule has 2 atom stereocenters. The maximum Gasteiger partial charge on any atom is 0.424 e. The molecule has 6 nitrogen and oxygen atoms in total. The van der Waals surface area contributed by atoms with E-state index in [4.69, 9.17) is 27.3 Å². The fourth-order valence-electron chi connectivity index (χ4n) is 3.20. The number of benzene rings is 1. The fraction of sp³-hybridized carbons (Fsp3) is 0.333. The number of nitrogens with two attached hydrogens (primary N) is 1. The van der Waals surface area contributed by atoms with E-state index < -0.39 is 41.4 Å². The molecule has 1 aromatic heterocycles. The first-order valence-electron chi connectivity index (χ1n) is 9.25. The van der Waals surface area contributed by atoms with E-state index in [0.717, 1.165) is 13.0 Å². The first-order valence-corrected chi connectivity index (χ1v) is 9.63. The summed E-state index contributed by atoms with van der Waals surface area (Å²) in [6.45, 7) is 1.56. The quantitative estimate of drug-likeness (QED) is 0.487. The maximum absolute atomic E-state index is 14.6. The van der Waals surface area contributed by atoms with Crippen LogP contribution in [-0.4, -0.2) is 35.0 Å². The second-order valence-corrected chi connectivity index (χ2v) is 8.08. The van der Waals surface area contributed by atoms with Crippen molar-refractivity contribution in [3.05, 3.63) is 63.7 Å². The molecule has 0 fully saturated rings. The summed E-state index contributed by atoms with van der Waals surface area (Å²) in [4.78, 5) is 20.4. The zero-order chi connectivity index (χ0) is 23.9. The highest BCUT2D eigenvalue weighted by molar-refractivity contribution is 6.33. The van der Waals surface area contributed by atoms with Crippen LogP contribution in [-0.2, 0) is 16.7 Å². The summed E-state index contributed by atoms with van der Waals surface area (Å²) >= 11 is 6.01. The number of aliphatic imine (C=N–C) groups is 1. The first-order chi connectivity index (χ1) is 14.8. The lowest BCUT2D eigenvalue weighted by Crippen LogP contribution is -2.60. The first kappa shape index (κ1) is 26.5. The minimum absolute atomic E-state index is 0. The van der Waals surface area contributed by atoms with E-state index in [9.17, 15) is 22.4 Å². The number of amidine groups is 1. The maximum atomic E-state index is 14.6. The SMILES string of the molecule is C[C@@]1(c2cc(CC(=O)c3ncc(C#N)cc3Cl)ccc2F)CO[C@@](C)(C(F)(F)F)C(N)=N1.Cl. The number of halogens is 6. The van der Waals surface area contributed by atoms with Crippen molar-refractivity contribution in [2.75, 3.05) is 6.61 Å². The number of ether oxygens (including phenoxy) is 1. The predicted octanol–water partition coefficient (Wildman–Crippen LogP) is 4.52. The third kappa shape index (κ3) is 4.95. The monoisotopic (exact) mass is 504 g/mol. The van der Waals surface area contributed by atoms with Crippen molar-refractivity contribution in [2.45, 2.75) is 37.6 Å². The van der Waals surface area contributed by atoms with Crippen LogP contribution in [0.25, 0.3) is 0 Å². The van der Waals surface area contributed by atoms with Gasteiger partial charge in [-0.3, -0.25) is 14.8 Å². The highest BCUT2D eigenvalue weighted by Gasteiger charge is 2.59. The smallest absolute Gasteiger partial charge is 0.385 e. The second kappa shape index (κ2) is 9.25. The van der Waals surface area contributed by atoms with Crippen LogP contribution in [0.5, 0.6) is 0 Å². The van der Waals surface area contributed by atoms with Crippen LogP contribution >= 0.6 is 24.0 Å². The van der Waals surface area contributed by atoms with Crippen LogP contribution < -0.4 is 5.73 Å². The van der Waals surface area contributed by atoms with E-state index in [1.807, 2.05) is 6.07 Å². The summed E-state index contributed by atoms with van der Waals surface area (Å²) in [6, 6.07) is 6.91. The van der Waals surface area contributed by atoms with Crippen molar-refractivity contribution in [1.82, 2.24) is 4.98 Å². The Labute approximate surface area is 197 Å². The Bertz CT molecular complexity index is 1170. The lowest BCUT2D eigenvalue weighted by atomic mass is 9.88. The third-order valence-corrected chi connectivity index (χ3v) is 5.54. The number of ketones is 1. The van der Waals surface area contributed by atoms with Crippen LogP contribution in [0.1, 0.15) is 41.0 Å². The Morgan fingerprint density at radius 3 is 2.55 bits per heavy atom.